The van der Waals surface area contributed by atoms with Gasteiger partial charge in [-0.1, -0.05) is 110 Å². The van der Waals surface area contributed by atoms with Gasteiger partial charge in [0.05, 0.1) is 0 Å². The zero-order chi connectivity index (χ0) is 30.2. The molecular formula is C36H34Cl2F2SiZr-2. The summed E-state index contributed by atoms with van der Waals surface area (Å²) in [5.74, 6) is -0.270. The molecule has 6 aromatic carbocycles. The summed E-state index contributed by atoms with van der Waals surface area (Å²) >= 11 is -1.65. The van der Waals surface area contributed by atoms with Gasteiger partial charge in [0.25, 0.3) is 0 Å². The molecule has 0 aromatic heterocycles. The van der Waals surface area contributed by atoms with Gasteiger partial charge in [-0.3, -0.25) is 8.78 Å². The summed E-state index contributed by atoms with van der Waals surface area (Å²) in [5, 5.41) is 3.48. The molecule has 0 N–H and O–H groups in total. The van der Waals surface area contributed by atoms with E-state index in [2.05, 4.69) is 63.3 Å². The molecule has 216 valence electrons. The molecule has 0 aliphatic rings. The normalized spacial score (nSPS) is 10.6. The van der Waals surface area contributed by atoms with Crippen molar-refractivity contribution < 1.29 is 26.8 Å². The Balaban J connectivity index is 0.000000162. The van der Waals surface area contributed by atoms with Gasteiger partial charge in [0, 0.05) is 11.6 Å². The third-order valence-corrected chi connectivity index (χ3v) is 26.9. The van der Waals surface area contributed by atoms with E-state index in [1.54, 1.807) is 12.1 Å². The van der Waals surface area contributed by atoms with Crippen LogP contribution in [0.3, 0.4) is 0 Å². The fraction of sp³-hybridized carbons (Fsp3) is 0.167. The van der Waals surface area contributed by atoms with Crippen molar-refractivity contribution in [3.63, 3.8) is 0 Å². The first-order valence-electron chi connectivity index (χ1n) is 14.1. The third-order valence-electron chi connectivity index (χ3n) is 7.15. The molecule has 6 aromatic rings. The van der Waals surface area contributed by atoms with Crippen molar-refractivity contribution in [2.24, 2.45) is 0 Å². The Kier molecular flexibility index (Phi) is 11.9. The van der Waals surface area contributed by atoms with Crippen molar-refractivity contribution in [2.75, 3.05) is 0 Å². The van der Waals surface area contributed by atoms with Crippen molar-refractivity contribution in [1.29, 1.82) is 0 Å². The van der Waals surface area contributed by atoms with Crippen LogP contribution in [0, 0.1) is 11.6 Å². The Bertz CT molecular complexity index is 1660. The Labute approximate surface area is 263 Å². The fourth-order valence-corrected chi connectivity index (χ4v) is 4.80. The van der Waals surface area contributed by atoms with Gasteiger partial charge < -0.3 is 0 Å². The van der Waals surface area contributed by atoms with Crippen LogP contribution in [0.2, 0.25) is 13.1 Å². The van der Waals surface area contributed by atoms with E-state index >= 15 is 0 Å². The maximum atomic E-state index is 13.8. The second kappa shape index (κ2) is 15.4. The molecule has 0 unspecified atom stereocenters. The average Bonchev–Trinajstić information content (AvgIpc) is 3.65. The molecule has 6 heteroatoms. The van der Waals surface area contributed by atoms with Crippen LogP contribution in [-0.2, 0) is 30.8 Å². The zero-order valence-corrected chi connectivity index (χ0v) is 29.3. The summed E-state index contributed by atoms with van der Waals surface area (Å²) in [6.07, 6.45) is 1.87. The van der Waals surface area contributed by atoms with Crippen LogP contribution in [0.15, 0.2) is 109 Å². The molecule has 0 atom stereocenters. The number of aryl methyl sites for hydroxylation is 2. The third kappa shape index (κ3) is 7.97. The summed E-state index contributed by atoms with van der Waals surface area (Å²) in [6, 6.07) is 35.2. The number of rotatable bonds is 4. The minimum absolute atomic E-state index is 0.135. The number of halogens is 4. The van der Waals surface area contributed by atoms with Crippen molar-refractivity contribution in [2.45, 2.75) is 39.8 Å². The van der Waals surface area contributed by atoms with Crippen molar-refractivity contribution in [1.82, 2.24) is 0 Å². The van der Waals surface area contributed by atoms with Crippen LogP contribution in [-0.4, -0.2) is 5.43 Å². The van der Waals surface area contributed by atoms with E-state index < -0.39 is 18.0 Å². The topological polar surface area (TPSA) is 0 Å². The first-order valence-corrected chi connectivity index (χ1v) is 26.6. The van der Waals surface area contributed by atoms with Crippen LogP contribution in [0.4, 0.5) is 8.78 Å². The average molecular weight is 695 g/mol. The fourth-order valence-electron chi connectivity index (χ4n) is 4.80. The van der Waals surface area contributed by atoms with Crippen LogP contribution in [0.1, 0.15) is 25.0 Å². The predicted octanol–water partition coefficient (Wildman–Crippen LogP) is 12.0. The molecule has 0 aliphatic heterocycles. The summed E-state index contributed by atoms with van der Waals surface area (Å²) in [5.41, 5.74) is 6.63. The second-order valence-corrected chi connectivity index (χ2v) is 33.3. The molecule has 0 spiro atoms. The van der Waals surface area contributed by atoms with E-state index in [0.717, 1.165) is 56.6 Å². The zero-order valence-electron chi connectivity index (χ0n) is 24.3. The summed E-state index contributed by atoms with van der Waals surface area (Å²) in [7, 11) is 11.2. The van der Waals surface area contributed by atoms with Crippen LogP contribution >= 0.6 is 17.0 Å². The quantitative estimate of drug-likeness (QED) is 0.127. The van der Waals surface area contributed by atoms with Crippen molar-refractivity contribution >= 4 is 44.0 Å². The number of hydrogen-bond acceptors (Lipinski definition) is 0. The first-order chi connectivity index (χ1) is 20.2. The SMILES string of the molecule is CCc1cc2c(-c3ccccc3)ccc(F)c2[cH-]1.CCc1cc2c(-c3ccccc3)ccc(F)c2[cH-]1.C[Si](C)=[Zr]([Cl])[Cl]. The van der Waals surface area contributed by atoms with Gasteiger partial charge >= 0.3 is 53.5 Å². The van der Waals surface area contributed by atoms with Crippen molar-refractivity contribution in [3.8, 4) is 22.3 Å². The number of benzene rings is 4. The van der Waals surface area contributed by atoms with E-state index in [4.69, 9.17) is 17.0 Å². The molecule has 0 saturated carbocycles. The molecule has 0 heterocycles. The summed E-state index contributed by atoms with van der Waals surface area (Å²) < 4.78 is 27.7. The molecule has 0 amide bonds. The monoisotopic (exact) mass is 692 g/mol. The summed E-state index contributed by atoms with van der Waals surface area (Å²) in [6.45, 7) is 8.52. The number of fused-ring (bicyclic) bond motifs is 2. The van der Waals surface area contributed by atoms with E-state index in [1.807, 2.05) is 60.7 Å². The van der Waals surface area contributed by atoms with Gasteiger partial charge in [-0.15, -0.1) is 44.8 Å². The van der Waals surface area contributed by atoms with Crippen molar-refractivity contribution in [3.05, 3.63) is 132 Å². The molecule has 0 saturated heterocycles. The van der Waals surface area contributed by atoms with Gasteiger partial charge in [-0.05, 0) is 24.0 Å². The minimum atomic E-state index is -1.65. The van der Waals surface area contributed by atoms with Gasteiger partial charge in [-0.2, -0.15) is 12.1 Å². The van der Waals surface area contributed by atoms with Gasteiger partial charge in [0.15, 0.2) is 0 Å². The number of hydrogen-bond donors (Lipinski definition) is 0. The first kappa shape index (κ1) is 32.6. The van der Waals surface area contributed by atoms with Crippen LogP contribution < -0.4 is 0 Å². The van der Waals surface area contributed by atoms with E-state index in [0.29, 0.717) is 0 Å². The van der Waals surface area contributed by atoms with Gasteiger partial charge in [0.2, 0.25) is 0 Å². The molecular weight excluding hydrogens is 661 g/mol. The standard InChI is InChI=1S/2C17H14F.C2H6Si.2ClH.Zr/c2*1-2-12-10-15-14(13-6-4-3-5-7-13)8-9-17(18)16(15)11-12;1-3-2;;;/h2*3-11H,2H2,1H3;1-2H3;2*1H;/q2*-1;;;;+2/p-2. The van der Waals surface area contributed by atoms with E-state index in [-0.39, 0.29) is 17.1 Å². The Morgan fingerprint density at radius 2 is 0.976 bits per heavy atom. The molecule has 6 rings (SSSR count). The molecule has 0 bridgehead atoms. The van der Waals surface area contributed by atoms with Gasteiger partial charge in [-0.25, -0.2) is 0 Å². The summed E-state index contributed by atoms with van der Waals surface area (Å²) in [4.78, 5) is 0. The Morgan fingerprint density at radius 1 is 0.619 bits per heavy atom. The van der Waals surface area contributed by atoms with Gasteiger partial charge in [0.1, 0.15) is 0 Å². The van der Waals surface area contributed by atoms with Crippen LogP contribution in [0.25, 0.3) is 43.8 Å². The molecule has 0 aliphatic carbocycles. The Hall–Kier alpha value is -2.36. The molecule has 42 heavy (non-hydrogen) atoms. The molecule has 0 radical (unpaired) electrons. The van der Waals surface area contributed by atoms with E-state index in [1.165, 1.54) is 11.1 Å². The predicted molar refractivity (Wildman–Crippen MR) is 178 cm³/mol. The second-order valence-electron chi connectivity index (χ2n) is 10.3. The van der Waals surface area contributed by atoms with E-state index in [9.17, 15) is 8.78 Å². The van der Waals surface area contributed by atoms with Crippen LogP contribution in [0.5, 0.6) is 0 Å². The molecule has 0 fully saturated rings. The maximum absolute atomic E-state index is 13.8. The molecule has 0 nitrogen and oxygen atoms in total. The Morgan fingerprint density at radius 3 is 1.29 bits per heavy atom.